The lowest BCUT2D eigenvalue weighted by Gasteiger charge is -2.07. The minimum atomic E-state index is -0.253. The van der Waals surface area contributed by atoms with Crippen molar-refractivity contribution in [3.63, 3.8) is 0 Å². The Morgan fingerprint density at radius 3 is 2.57 bits per heavy atom. The number of hydrogen-bond donors (Lipinski definition) is 2. The largest absolute Gasteiger partial charge is 0.343 e. The molecule has 0 aliphatic carbocycles. The molecule has 0 spiro atoms. The molecular formula is C16H15IN2O2. The number of amides is 2. The molecule has 0 radical (unpaired) electrons. The van der Waals surface area contributed by atoms with Crippen LogP contribution in [0.2, 0.25) is 0 Å². The highest BCUT2D eigenvalue weighted by atomic mass is 127. The summed E-state index contributed by atoms with van der Waals surface area (Å²) in [5.74, 6) is -0.505. The Hall–Kier alpha value is -1.89. The maximum Gasteiger partial charge on any atom is 0.251 e. The highest BCUT2D eigenvalue weighted by Gasteiger charge is 2.08. The Kier molecular flexibility index (Phi) is 5.32. The molecule has 2 rings (SSSR count). The standard InChI is InChI=1S/C16H15IN2O2/c1-11-4-2-5-12(8-11)16(21)18-10-15(20)19-14-7-3-6-13(17)9-14/h2-9H,10H2,1H3,(H,18,21)(H,19,20). The first kappa shape index (κ1) is 15.5. The van der Waals surface area contributed by atoms with Crippen LogP contribution in [0.3, 0.4) is 0 Å². The van der Waals surface area contributed by atoms with Gasteiger partial charge in [-0.3, -0.25) is 9.59 Å². The number of carbonyl (C=O) groups excluding carboxylic acids is 2. The predicted molar refractivity (Wildman–Crippen MR) is 91.3 cm³/mol. The van der Waals surface area contributed by atoms with Gasteiger partial charge in [0.25, 0.3) is 5.91 Å². The minimum Gasteiger partial charge on any atom is -0.343 e. The van der Waals surface area contributed by atoms with E-state index in [0.717, 1.165) is 14.8 Å². The van der Waals surface area contributed by atoms with Gasteiger partial charge in [-0.05, 0) is 59.8 Å². The highest BCUT2D eigenvalue weighted by molar-refractivity contribution is 14.1. The average molecular weight is 394 g/mol. The first-order chi connectivity index (χ1) is 10.0. The lowest BCUT2D eigenvalue weighted by atomic mass is 10.1. The molecule has 4 nitrogen and oxygen atoms in total. The molecule has 5 heteroatoms. The molecule has 2 amide bonds. The van der Waals surface area contributed by atoms with Gasteiger partial charge in [-0.15, -0.1) is 0 Å². The van der Waals surface area contributed by atoms with E-state index in [1.54, 1.807) is 12.1 Å². The second-order valence-corrected chi connectivity index (χ2v) is 5.86. The summed E-state index contributed by atoms with van der Waals surface area (Å²) in [6, 6.07) is 14.7. The molecule has 2 N–H and O–H groups in total. The first-order valence-corrected chi connectivity index (χ1v) is 7.53. The molecule has 0 fully saturated rings. The number of rotatable bonds is 4. The van der Waals surface area contributed by atoms with Gasteiger partial charge in [0.05, 0.1) is 6.54 Å². The fraction of sp³-hybridized carbons (Fsp3) is 0.125. The molecule has 0 aliphatic heterocycles. The molecule has 0 saturated heterocycles. The SMILES string of the molecule is Cc1cccc(C(=O)NCC(=O)Nc2cccc(I)c2)c1. The third-order valence-corrected chi connectivity index (χ3v) is 3.47. The van der Waals surface area contributed by atoms with Crippen LogP contribution in [-0.4, -0.2) is 18.4 Å². The Morgan fingerprint density at radius 2 is 1.86 bits per heavy atom. The molecule has 2 aromatic carbocycles. The van der Waals surface area contributed by atoms with Gasteiger partial charge in [0.15, 0.2) is 0 Å². The van der Waals surface area contributed by atoms with Gasteiger partial charge < -0.3 is 10.6 Å². The summed E-state index contributed by atoms with van der Waals surface area (Å²) in [4.78, 5) is 23.7. The summed E-state index contributed by atoms with van der Waals surface area (Å²) < 4.78 is 1.04. The molecule has 0 unspecified atom stereocenters. The summed E-state index contributed by atoms with van der Waals surface area (Å²) in [5.41, 5.74) is 2.28. The average Bonchev–Trinajstić information content (AvgIpc) is 2.45. The highest BCUT2D eigenvalue weighted by Crippen LogP contribution is 2.12. The van der Waals surface area contributed by atoms with Gasteiger partial charge in [-0.1, -0.05) is 23.8 Å². The van der Waals surface area contributed by atoms with Crippen LogP contribution in [0.4, 0.5) is 5.69 Å². The maximum atomic E-state index is 11.9. The normalized spacial score (nSPS) is 10.0. The van der Waals surface area contributed by atoms with Crippen molar-refractivity contribution < 1.29 is 9.59 Å². The van der Waals surface area contributed by atoms with E-state index < -0.39 is 0 Å². The third-order valence-electron chi connectivity index (χ3n) is 2.80. The quantitative estimate of drug-likeness (QED) is 0.784. The van der Waals surface area contributed by atoms with Gasteiger partial charge in [-0.2, -0.15) is 0 Å². The Morgan fingerprint density at radius 1 is 1.10 bits per heavy atom. The van der Waals surface area contributed by atoms with Crippen LogP contribution in [0.15, 0.2) is 48.5 Å². The third kappa shape index (κ3) is 4.86. The van der Waals surface area contributed by atoms with Crippen molar-refractivity contribution in [2.24, 2.45) is 0 Å². The maximum absolute atomic E-state index is 11.9. The molecule has 0 saturated carbocycles. The molecule has 0 aromatic heterocycles. The van der Waals surface area contributed by atoms with E-state index in [0.29, 0.717) is 5.56 Å². The lowest BCUT2D eigenvalue weighted by molar-refractivity contribution is -0.115. The van der Waals surface area contributed by atoms with Crippen LogP contribution >= 0.6 is 22.6 Å². The number of carbonyl (C=O) groups is 2. The van der Waals surface area contributed by atoms with Gasteiger partial charge in [0.1, 0.15) is 0 Å². The fourth-order valence-corrected chi connectivity index (χ4v) is 2.36. The summed E-state index contributed by atoms with van der Waals surface area (Å²) in [6.45, 7) is 1.86. The van der Waals surface area contributed by atoms with E-state index in [9.17, 15) is 9.59 Å². The fourth-order valence-electron chi connectivity index (χ4n) is 1.82. The second kappa shape index (κ2) is 7.21. The van der Waals surface area contributed by atoms with Crippen LogP contribution in [0.25, 0.3) is 0 Å². The Labute approximate surface area is 137 Å². The van der Waals surface area contributed by atoms with E-state index in [1.807, 2.05) is 43.3 Å². The van der Waals surface area contributed by atoms with Crippen molar-refractivity contribution in [1.29, 1.82) is 0 Å². The van der Waals surface area contributed by atoms with Crippen LogP contribution in [0, 0.1) is 10.5 Å². The number of nitrogens with one attached hydrogen (secondary N) is 2. The number of aryl methyl sites for hydroxylation is 1. The van der Waals surface area contributed by atoms with Crippen molar-refractivity contribution >= 4 is 40.1 Å². The smallest absolute Gasteiger partial charge is 0.251 e. The van der Waals surface area contributed by atoms with Crippen LogP contribution in [-0.2, 0) is 4.79 Å². The van der Waals surface area contributed by atoms with Crippen molar-refractivity contribution in [3.8, 4) is 0 Å². The van der Waals surface area contributed by atoms with Gasteiger partial charge in [0.2, 0.25) is 5.91 Å². The molecule has 0 atom stereocenters. The van der Waals surface area contributed by atoms with Crippen molar-refractivity contribution in [2.75, 3.05) is 11.9 Å². The van der Waals surface area contributed by atoms with E-state index in [1.165, 1.54) is 0 Å². The van der Waals surface area contributed by atoms with E-state index in [2.05, 4.69) is 33.2 Å². The molecule has 0 heterocycles. The summed E-state index contributed by atoms with van der Waals surface area (Å²) in [7, 11) is 0. The summed E-state index contributed by atoms with van der Waals surface area (Å²) in [5, 5.41) is 5.35. The monoisotopic (exact) mass is 394 g/mol. The minimum absolute atomic E-state index is 0.0573. The molecule has 0 aliphatic rings. The number of benzene rings is 2. The zero-order valence-electron chi connectivity index (χ0n) is 11.5. The van der Waals surface area contributed by atoms with Crippen molar-refractivity contribution in [2.45, 2.75) is 6.92 Å². The molecule has 21 heavy (non-hydrogen) atoms. The van der Waals surface area contributed by atoms with Crippen molar-refractivity contribution in [3.05, 3.63) is 63.2 Å². The molecular weight excluding hydrogens is 379 g/mol. The van der Waals surface area contributed by atoms with E-state index >= 15 is 0 Å². The van der Waals surface area contributed by atoms with Crippen LogP contribution < -0.4 is 10.6 Å². The van der Waals surface area contributed by atoms with E-state index in [4.69, 9.17) is 0 Å². The second-order valence-electron chi connectivity index (χ2n) is 4.61. The van der Waals surface area contributed by atoms with Gasteiger partial charge >= 0.3 is 0 Å². The van der Waals surface area contributed by atoms with Crippen LogP contribution in [0.1, 0.15) is 15.9 Å². The predicted octanol–water partition coefficient (Wildman–Crippen LogP) is 2.97. The van der Waals surface area contributed by atoms with Crippen LogP contribution in [0.5, 0.6) is 0 Å². The number of hydrogen-bond acceptors (Lipinski definition) is 2. The Bertz CT molecular complexity index is 671. The Balaban J connectivity index is 1.88. The molecule has 2 aromatic rings. The van der Waals surface area contributed by atoms with Gasteiger partial charge in [-0.25, -0.2) is 0 Å². The number of halogens is 1. The molecule has 108 valence electrons. The van der Waals surface area contributed by atoms with Gasteiger partial charge in [0, 0.05) is 14.8 Å². The zero-order chi connectivity index (χ0) is 15.2. The zero-order valence-corrected chi connectivity index (χ0v) is 13.7. The topological polar surface area (TPSA) is 58.2 Å². The number of anilines is 1. The molecule has 0 bridgehead atoms. The lowest BCUT2D eigenvalue weighted by Crippen LogP contribution is -2.32. The summed E-state index contributed by atoms with van der Waals surface area (Å²) in [6.07, 6.45) is 0. The summed E-state index contributed by atoms with van der Waals surface area (Å²) >= 11 is 2.17. The first-order valence-electron chi connectivity index (χ1n) is 6.45. The van der Waals surface area contributed by atoms with E-state index in [-0.39, 0.29) is 18.4 Å². The van der Waals surface area contributed by atoms with Crippen molar-refractivity contribution in [1.82, 2.24) is 5.32 Å².